The molecule has 0 fully saturated rings. The van der Waals surface area contributed by atoms with Crippen LogP contribution in [0.5, 0.6) is 0 Å². The van der Waals surface area contributed by atoms with Crippen LogP contribution in [0.15, 0.2) is 11.7 Å². The van der Waals surface area contributed by atoms with Crippen LogP contribution < -0.4 is 0 Å². The predicted octanol–water partition coefficient (Wildman–Crippen LogP) is 4.55. The Morgan fingerprint density at radius 3 is 2.53 bits per heavy atom. The summed E-state index contributed by atoms with van der Waals surface area (Å²) in [6.45, 7) is 12.3. The van der Waals surface area contributed by atoms with Crippen LogP contribution in [0.4, 0.5) is 0 Å². The molecule has 0 bridgehead atoms. The monoisotopic (exact) mass is 484 g/mol. The van der Waals surface area contributed by atoms with E-state index in [1.54, 1.807) is 16.4 Å². The number of aromatic nitrogens is 4. The molecule has 0 aliphatic rings. The largest absolute Gasteiger partial charge is 0.321 e. The smallest absolute Gasteiger partial charge is 0.259 e. The fraction of sp³-hybridized carbons (Fsp3) is 0.700. The van der Waals surface area contributed by atoms with Crippen LogP contribution in [0.1, 0.15) is 53.3 Å². The molecule has 0 radical (unpaired) electrons. The van der Waals surface area contributed by atoms with Gasteiger partial charge in [0, 0.05) is 18.3 Å². The number of hydrogen-bond donors (Lipinski definition) is 0. The first-order valence-electron chi connectivity index (χ1n) is 10.8. The Morgan fingerprint density at radius 2 is 1.91 bits per heavy atom. The van der Waals surface area contributed by atoms with Crippen molar-refractivity contribution in [2.75, 3.05) is 19.8 Å². The van der Waals surface area contributed by atoms with Crippen LogP contribution in [0.3, 0.4) is 0 Å². The van der Waals surface area contributed by atoms with Gasteiger partial charge in [-0.15, -0.1) is 16.4 Å². The zero-order chi connectivity index (χ0) is 23.3. The van der Waals surface area contributed by atoms with Gasteiger partial charge in [-0.05, 0) is 34.1 Å². The number of thiazole rings is 1. The molecule has 12 heteroatoms. The summed E-state index contributed by atoms with van der Waals surface area (Å²) in [7, 11) is -1.31. The molecule has 0 saturated carbocycles. The lowest BCUT2D eigenvalue weighted by atomic mass is 10.3. The first-order valence-corrected chi connectivity index (χ1v) is 12.8. The van der Waals surface area contributed by atoms with Gasteiger partial charge in [0.25, 0.3) is 8.53 Å². The molecule has 2 rings (SSSR count). The maximum atomic E-state index is 8.86. The second-order valence-corrected chi connectivity index (χ2v) is 9.74. The third kappa shape index (κ3) is 8.45. The van der Waals surface area contributed by atoms with Gasteiger partial charge < -0.3 is 9.05 Å². The average molecular weight is 485 g/mol. The first kappa shape index (κ1) is 26.7. The highest BCUT2D eigenvalue weighted by molar-refractivity contribution is 7.44. The maximum Gasteiger partial charge on any atom is 0.259 e. The summed E-state index contributed by atoms with van der Waals surface area (Å²) >= 11 is 1.48. The summed E-state index contributed by atoms with van der Waals surface area (Å²) in [4.78, 5) is 20.0. The van der Waals surface area contributed by atoms with E-state index in [1.165, 1.54) is 11.3 Å². The van der Waals surface area contributed by atoms with Gasteiger partial charge in [0.1, 0.15) is 6.61 Å². The van der Waals surface area contributed by atoms with E-state index in [1.807, 2.05) is 6.92 Å². The van der Waals surface area contributed by atoms with Crippen molar-refractivity contribution in [3.8, 4) is 16.8 Å². The Balaban J connectivity index is 2.07. The van der Waals surface area contributed by atoms with E-state index >= 15 is 0 Å². The van der Waals surface area contributed by atoms with Crippen LogP contribution in [-0.4, -0.2) is 56.3 Å². The normalized spacial score (nSPS) is 12.7. The fourth-order valence-corrected chi connectivity index (χ4v) is 4.98. The zero-order valence-electron chi connectivity index (χ0n) is 19.4. The van der Waals surface area contributed by atoms with Gasteiger partial charge in [0.15, 0.2) is 11.6 Å². The molecule has 0 spiro atoms. The quantitative estimate of drug-likeness (QED) is 0.147. The predicted molar refractivity (Wildman–Crippen MR) is 123 cm³/mol. The minimum absolute atomic E-state index is 0.184. The van der Waals surface area contributed by atoms with E-state index in [9.17, 15) is 0 Å². The Morgan fingerprint density at radius 1 is 1.16 bits per heavy atom. The summed E-state index contributed by atoms with van der Waals surface area (Å²) in [5, 5.41) is 13.5. The van der Waals surface area contributed by atoms with Crippen molar-refractivity contribution in [3.63, 3.8) is 0 Å². The van der Waals surface area contributed by atoms with Gasteiger partial charge in [0.05, 0.1) is 49.2 Å². The lowest BCUT2D eigenvalue weighted by Crippen LogP contribution is -2.34. The number of nitriles is 1. The summed E-state index contributed by atoms with van der Waals surface area (Å²) < 4.78 is 16.1. The lowest BCUT2D eigenvalue weighted by Gasteiger charge is -2.35. The van der Waals surface area contributed by atoms with Gasteiger partial charge in [-0.1, -0.05) is 6.92 Å². The standard InChI is InChI=1S/C20H33N6O4PS/c1-6-10-27-28-14-19-23-20(18-13-22-15-32-18)24-25(19)9-12-30-31(29-11-7-8-21)26(16(2)3)17(4)5/h13,15-17H,6-7,9-12,14H2,1-5H3. The topological polar surface area (TPSA) is 108 Å². The zero-order valence-corrected chi connectivity index (χ0v) is 21.1. The van der Waals surface area contributed by atoms with Crippen LogP contribution in [0, 0.1) is 11.3 Å². The highest BCUT2D eigenvalue weighted by atomic mass is 32.1. The maximum absolute atomic E-state index is 8.86. The summed E-state index contributed by atoms with van der Waals surface area (Å²) in [6, 6.07) is 2.60. The van der Waals surface area contributed by atoms with Crippen LogP contribution in [0.25, 0.3) is 10.7 Å². The summed E-state index contributed by atoms with van der Waals surface area (Å²) in [6.07, 6.45) is 2.93. The molecule has 0 aromatic carbocycles. The lowest BCUT2D eigenvalue weighted by molar-refractivity contribution is -0.305. The Hall–Kier alpha value is -1.51. The highest BCUT2D eigenvalue weighted by Crippen LogP contribution is 2.45. The van der Waals surface area contributed by atoms with Gasteiger partial charge >= 0.3 is 0 Å². The minimum atomic E-state index is -1.31. The van der Waals surface area contributed by atoms with Crippen molar-refractivity contribution < 1.29 is 18.8 Å². The SMILES string of the molecule is CCCOOCc1nc(-c2cncs2)nn1CCOP(OCCC#N)N(C(C)C)C(C)C. The van der Waals surface area contributed by atoms with Crippen molar-refractivity contribution >= 4 is 19.9 Å². The van der Waals surface area contributed by atoms with E-state index in [2.05, 4.69) is 53.5 Å². The molecule has 1 unspecified atom stereocenters. The summed E-state index contributed by atoms with van der Waals surface area (Å²) in [5.74, 6) is 1.24. The van der Waals surface area contributed by atoms with E-state index < -0.39 is 8.53 Å². The fourth-order valence-electron chi connectivity index (χ4n) is 2.85. The Bertz CT molecular complexity index is 804. The molecule has 2 heterocycles. The van der Waals surface area contributed by atoms with Crippen molar-refractivity contribution in [1.82, 2.24) is 24.4 Å². The van der Waals surface area contributed by atoms with Gasteiger partial charge in [-0.3, -0.25) is 4.98 Å². The van der Waals surface area contributed by atoms with Gasteiger partial charge in [-0.2, -0.15) is 5.26 Å². The van der Waals surface area contributed by atoms with E-state index in [-0.39, 0.29) is 18.7 Å². The molecule has 2 aromatic rings. The van der Waals surface area contributed by atoms with E-state index in [0.717, 1.165) is 11.3 Å². The van der Waals surface area contributed by atoms with Crippen LogP contribution >= 0.6 is 19.9 Å². The molecule has 1 atom stereocenters. The molecule has 10 nitrogen and oxygen atoms in total. The number of rotatable bonds is 16. The molecule has 2 aromatic heterocycles. The van der Waals surface area contributed by atoms with Crippen molar-refractivity contribution in [1.29, 1.82) is 5.26 Å². The molecule has 0 aliphatic carbocycles. The molecule has 0 aliphatic heterocycles. The molecule has 0 amide bonds. The second-order valence-electron chi connectivity index (χ2n) is 7.40. The highest BCUT2D eigenvalue weighted by Gasteiger charge is 2.27. The summed E-state index contributed by atoms with van der Waals surface area (Å²) in [5.41, 5.74) is 1.75. The Kier molecular flexibility index (Phi) is 12.2. The van der Waals surface area contributed by atoms with Crippen LogP contribution in [0.2, 0.25) is 0 Å². The first-order chi connectivity index (χ1) is 15.5. The molecule has 178 valence electrons. The van der Waals surface area contributed by atoms with E-state index in [4.69, 9.17) is 24.1 Å². The molecule has 0 N–H and O–H groups in total. The molecular formula is C20H33N6O4PS. The number of hydrogen-bond acceptors (Lipinski definition) is 10. The minimum Gasteiger partial charge on any atom is -0.321 e. The second kappa shape index (κ2) is 14.6. The van der Waals surface area contributed by atoms with Crippen molar-refractivity contribution in [2.24, 2.45) is 0 Å². The molecular weight excluding hydrogens is 451 g/mol. The van der Waals surface area contributed by atoms with Crippen LogP contribution in [-0.2, 0) is 32.0 Å². The van der Waals surface area contributed by atoms with Gasteiger partial charge in [0.2, 0.25) is 0 Å². The number of nitrogens with zero attached hydrogens (tertiary/aromatic N) is 6. The van der Waals surface area contributed by atoms with Crippen molar-refractivity contribution in [3.05, 3.63) is 17.5 Å². The van der Waals surface area contributed by atoms with Gasteiger partial charge in [-0.25, -0.2) is 24.1 Å². The van der Waals surface area contributed by atoms with Crippen molar-refractivity contribution in [2.45, 2.75) is 72.7 Å². The van der Waals surface area contributed by atoms with E-state index in [0.29, 0.717) is 44.4 Å². The molecule has 32 heavy (non-hydrogen) atoms. The average Bonchev–Trinajstić information content (AvgIpc) is 3.41. The molecule has 0 saturated heterocycles. The Labute approximate surface area is 195 Å². The third-order valence-electron chi connectivity index (χ3n) is 4.13. The third-order valence-corrected chi connectivity index (χ3v) is 7.00.